The smallest absolute Gasteiger partial charge is 0.419 e. The van der Waals surface area contributed by atoms with E-state index in [0.717, 1.165) is 33.4 Å². The molecule has 0 fully saturated rings. The first-order valence-corrected chi connectivity index (χ1v) is 26.0. The molecule has 0 saturated heterocycles. The van der Waals surface area contributed by atoms with E-state index in [9.17, 15) is 14.4 Å². The number of alkyl carbamates (subject to hydrolysis) is 1. The van der Waals surface area contributed by atoms with Crippen LogP contribution >= 0.6 is 11.6 Å². The number of rotatable bonds is 17. The van der Waals surface area contributed by atoms with Gasteiger partial charge in [0.1, 0.15) is 30.9 Å². The van der Waals surface area contributed by atoms with E-state index in [-0.39, 0.29) is 38.4 Å². The van der Waals surface area contributed by atoms with Crippen molar-refractivity contribution in [3.05, 3.63) is 238 Å². The predicted octanol–water partition coefficient (Wildman–Crippen LogP) is 12.7. The Morgan fingerprint density at radius 2 is 1.26 bits per heavy atom. The number of hydrogen-bond donors (Lipinski definition) is 1. The average Bonchev–Trinajstić information content (AvgIpc) is 3.99. The Hall–Kier alpha value is -8.48. The third-order valence-electron chi connectivity index (χ3n) is 13.8. The Kier molecular flexibility index (Phi) is 16.1. The van der Waals surface area contributed by atoms with Crippen molar-refractivity contribution in [1.82, 2.24) is 14.8 Å². The molecule has 77 heavy (non-hydrogen) atoms. The summed E-state index contributed by atoms with van der Waals surface area (Å²) in [5, 5.41) is 3.70. The van der Waals surface area contributed by atoms with Gasteiger partial charge < -0.3 is 29.2 Å². The van der Waals surface area contributed by atoms with Crippen molar-refractivity contribution in [3.63, 3.8) is 0 Å². The minimum atomic E-state index is -1.68. The number of aryl methyl sites for hydroxylation is 1. The van der Waals surface area contributed by atoms with E-state index in [1.165, 1.54) is 16.5 Å². The third-order valence-corrected chi connectivity index (χ3v) is 14.2. The zero-order valence-corrected chi connectivity index (χ0v) is 44.4. The number of hydrogen-bond acceptors (Lipinski definition) is 9. The molecule has 0 aliphatic heterocycles. The Bertz CT molecular complexity index is 3380. The molecule has 1 unspecified atom stereocenters. The van der Waals surface area contributed by atoms with Gasteiger partial charge in [0, 0.05) is 59.1 Å². The van der Waals surface area contributed by atoms with Gasteiger partial charge in [-0.3, -0.25) is 14.2 Å². The molecule has 8 aromatic rings. The summed E-state index contributed by atoms with van der Waals surface area (Å²) in [6.45, 7) is 7.22. The fraction of sp³-hybridized carbons (Fsp3) is 0.234. The van der Waals surface area contributed by atoms with E-state index in [0.29, 0.717) is 38.2 Å². The molecule has 2 amide bonds. The normalized spacial score (nSPS) is 13.5. The second-order valence-corrected chi connectivity index (χ2v) is 20.6. The molecule has 0 bridgehead atoms. The number of fused-ring (bicyclic) bond motifs is 4. The highest BCUT2D eigenvalue weighted by molar-refractivity contribution is 6.31. The van der Waals surface area contributed by atoms with Crippen molar-refractivity contribution in [1.29, 1.82) is 0 Å². The Balaban J connectivity index is 1.10. The third kappa shape index (κ3) is 11.8. The lowest BCUT2D eigenvalue weighted by molar-refractivity contribution is -0.163. The number of para-hydroxylation sites is 1. The van der Waals surface area contributed by atoms with Crippen LogP contribution in [0.3, 0.4) is 0 Å². The molecule has 9 rings (SSSR count). The van der Waals surface area contributed by atoms with Crippen molar-refractivity contribution >= 4 is 52.5 Å². The number of halogens is 1. The SMILES string of the molecule is Cc1ccc(C(OC(=O)[C@H](Cc2cn(C(=O)OC(C)(C)C)c3ccccc23)N(C)C(=O)[C@H](CCC(=O)OCc2ccccc2)NC(=O)OCC2c3ccccc3-c3ccccc32)(c2ccccc2)c2ccccc2Cl)cc1. The molecule has 12 nitrogen and oxygen atoms in total. The fourth-order valence-electron chi connectivity index (χ4n) is 10.1. The molecule has 1 aliphatic carbocycles. The summed E-state index contributed by atoms with van der Waals surface area (Å²) in [7, 11) is 1.45. The van der Waals surface area contributed by atoms with E-state index in [1.807, 2.05) is 159 Å². The molecule has 0 radical (unpaired) electrons. The van der Waals surface area contributed by atoms with Crippen molar-refractivity contribution in [2.45, 2.75) is 82.8 Å². The van der Waals surface area contributed by atoms with Gasteiger partial charge in [-0.25, -0.2) is 14.4 Å². The van der Waals surface area contributed by atoms with Crippen LogP contribution in [0.5, 0.6) is 0 Å². The lowest BCUT2D eigenvalue weighted by Crippen LogP contribution is -2.54. The largest absolute Gasteiger partial charge is 0.461 e. The number of carbonyl (C=O) groups is 5. The molecule has 1 aromatic heterocycles. The fourth-order valence-corrected chi connectivity index (χ4v) is 10.3. The van der Waals surface area contributed by atoms with Gasteiger partial charge >= 0.3 is 24.1 Å². The van der Waals surface area contributed by atoms with Crippen molar-refractivity contribution in [2.75, 3.05) is 13.7 Å². The van der Waals surface area contributed by atoms with Crippen LogP contribution < -0.4 is 5.32 Å². The van der Waals surface area contributed by atoms with Crippen molar-refractivity contribution in [3.8, 4) is 11.1 Å². The molecule has 1 heterocycles. The van der Waals surface area contributed by atoms with Crippen LogP contribution in [0.15, 0.2) is 188 Å². The molecule has 0 spiro atoms. The maximum absolute atomic E-state index is 15.9. The molecule has 13 heteroatoms. The number of benzene rings is 7. The van der Waals surface area contributed by atoms with Gasteiger partial charge in [0.05, 0.1) is 5.52 Å². The first-order chi connectivity index (χ1) is 37.1. The summed E-state index contributed by atoms with van der Waals surface area (Å²) in [6, 6.07) is 53.3. The van der Waals surface area contributed by atoms with Gasteiger partial charge in [-0.1, -0.05) is 187 Å². The maximum atomic E-state index is 15.9. The number of ether oxygens (including phenoxy) is 4. The minimum absolute atomic E-state index is 0.00160. The number of nitrogens with zero attached hydrogens (tertiary/aromatic N) is 2. The van der Waals surface area contributed by atoms with E-state index in [4.69, 9.17) is 30.5 Å². The van der Waals surface area contributed by atoms with E-state index >= 15 is 9.59 Å². The van der Waals surface area contributed by atoms with E-state index in [1.54, 1.807) is 57.3 Å². The van der Waals surface area contributed by atoms with Gasteiger partial charge in [0.25, 0.3) is 0 Å². The van der Waals surface area contributed by atoms with Crippen LogP contribution in [0.2, 0.25) is 5.02 Å². The number of likely N-dealkylation sites (N-methyl/N-ethyl adjacent to an activating group) is 1. The minimum Gasteiger partial charge on any atom is -0.461 e. The molecular formula is C64H60ClN3O9. The predicted molar refractivity (Wildman–Crippen MR) is 296 cm³/mol. The van der Waals surface area contributed by atoms with E-state index < -0.39 is 53.3 Å². The standard InChI is InChI=1S/C64H60ClN3O9/c1-42-32-34-46(35-33-42)64(45-22-10-7-11-23-45,53-29-17-18-30-54(53)65)76-60(71)57(38-44-39-68(62(73)77-63(2,3)4)56-31-19-16-24-47(44)56)67(5)59(70)55(36-37-58(69)74-40-43-20-8-6-9-21-43)66-61(72)75-41-52-50-27-14-12-25-48(50)49-26-13-15-28-51(49)52/h6-35,39,52,55,57H,36-38,40-41H2,1-5H3,(H,66,72)/t55-,57-,64?/m0/s1. The number of carbonyl (C=O) groups excluding carboxylic acids is 5. The summed E-state index contributed by atoms with van der Waals surface area (Å²) in [5.41, 5.74) is 5.93. The molecule has 7 aromatic carbocycles. The lowest BCUT2D eigenvalue weighted by atomic mass is 9.79. The summed E-state index contributed by atoms with van der Waals surface area (Å²) in [4.78, 5) is 74.1. The van der Waals surface area contributed by atoms with Gasteiger partial charge in [0.15, 0.2) is 5.60 Å². The molecule has 392 valence electrons. The van der Waals surface area contributed by atoms with Gasteiger partial charge in [0.2, 0.25) is 5.91 Å². The molecule has 0 saturated carbocycles. The maximum Gasteiger partial charge on any atom is 0.419 e. The summed E-state index contributed by atoms with van der Waals surface area (Å²) in [5.74, 6) is -2.47. The number of aromatic nitrogens is 1. The summed E-state index contributed by atoms with van der Waals surface area (Å²) in [6.07, 6.45) is -0.637. The Morgan fingerprint density at radius 3 is 1.92 bits per heavy atom. The number of nitrogens with one attached hydrogen (secondary N) is 1. The average molecular weight is 1050 g/mol. The Morgan fingerprint density at radius 1 is 0.675 bits per heavy atom. The highest BCUT2D eigenvalue weighted by atomic mass is 35.5. The second-order valence-electron chi connectivity index (χ2n) is 20.2. The number of esters is 2. The molecule has 1 aliphatic rings. The Labute approximate surface area is 453 Å². The van der Waals surface area contributed by atoms with Gasteiger partial charge in [-0.05, 0) is 79.6 Å². The van der Waals surface area contributed by atoms with Crippen LogP contribution in [0.4, 0.5) is 9.59 Å². The molecule has 3 atom stereocenters. The number of amides is 2. The topological polar surface area (TPSA) is 142 Å². The first-order valence-electron chi connectivity index (χ1n) is 25.6. The van der Waals surface area contributed by atoms with Crippen LogP contribution in [0.25, 0.3) is 22.0 Å². The van der Waals surface area contributed by atoms with Crippen LogP contribution in [0, 0.1) is 6.92 Å². The second kappa shape index (κ2) is 23.2. The zero-order valence-electron chi connectivity index (χ0n) is 43.6. The van der Waals surface area contributed by atoms with Crippen LogP contribution in [-0.2, 0) is 52.0 Å². The van der Waals surface area contributed by atoms with Gasteiger partial charge in [-0.15, -0.1) is 0 Å². The van der Waals surface area contributed by atoms with E-state index in [2.05, 4.69) is 5.32 Å². The van der Waals surface area contributed by atoms with Gasteiger partial charge in [-0.2, -0.15) is 0 Å². The summed E-state index contributed by atoms with van der Waals surface area (Å²) < 4.78 is 25.8. The van der Waals surface area contributed by atoms with Crippen LogP contribution in [0.1, 0.15) is 84.0 Å². The van der Waals surface area contributed by atoms with Crippen LogP contribution in [-0.4, -0.2) is 70.8 Å². The first kappa shape index (κ1) is 53.3. The van der Waals surface area contributed by atoms with Crippen molar-refractivity contribution < 1.29 is 42.9 Å². The van der Waals surface area contributed by atoms with Crippen molar-refractivity contribution in [2.24, 2.45) is 0 Å². The highest BCUT2D eigenvalue weighted by Gasteiger charge is 2.45. The highest BCUT2D eigenvalue weighted by Crippen LogP contribution is 2.46. The molecule has 1 N–H and O–H groups in total. The monoisotopic (exact) mass is 1050 g/mol. The zero-order chi connectivity index (χ0) is 54.3. The summed E-state index contributed by atoms with van der Waals surface area (Å²) >= 11 is 7.12. The quantitative estimate of drug-likeness (QED) is 0.0536. The lowest BCUT2D eigenvalue weighted by Gasteiger charge is -2.38. The molecular weight excluding hydrogens is 990 g/mol.